The second kappa shape index (κ2) is 10.5. The van der Waals surface area contributed by atoms with Gasteiger partial charge in [0.05, 0.1) is 12.5 Å². The van der Waals surface area contributed by atoms with Crippen LogP contribution in [0.25, 0.3) is 0 Å². The van der Waals surface area contributed by atoms with Crippen LogP contribution in [-0.4, -0.2) is 35.0 Å². The third-order valence-corrected chi connectivity index (χ3v) is 1.84. The number of primary amides is 2. The standard InChI is InChI=1S/C9H17N3O4.C2H6/c1-5(13)4-8(15)12-6(9(11)16)2-3-7(10)14;1-2/h5-6,13H,2-4H2,1H3,(H2,10,14)(H2,11,16)(H,12,15);1-2H3. The molecule has 2 atom stereocenters. The molecule has 7 heteroatoms. The first kappa shape index (κ1) is 18.7. The molecule has 18 heavy (non-hydrogen) atoms. The van der Waals surface area contributed by atoms with E-state index in [2.05, 4.69) is 5.32 Å². The fourth-order valence-corrected chi connectivity index (χ4v) is 1.09. The van der Waals surface area contributed by atoms with Gasteiger partial charge in [0.2, 0.25) is 17.7 Å². The Labute approximate surface area is 107 Å². The highest BCUT2D eigenvalue weighted by molar-refractivity contribution is 5.87. The van der Waals surface area contributed by atoms with E-state index in [1.54, 1.807) is 0 Å². The van der Waals surface area contributed by atoms with Crippen molar-refractivity contribution in [1.29, 1.82) is 0 Å². The van der Waals surface area contributed by atoms with Crippen molar-refractivity contribution in [3.05, 3.63) is 0 Å². The molecule has 0 aromatic heterocycles. The predicted molar refractivity (Wildman–Crippen MR) is 67.2 cm³/mol. The van der Waals surface area contributed by atoms with E-state index in [-0.39, 0.29) is 19.3 Å². The molecule has 0 fully saturated rings. The van der Waals surface area contributed by atoms with Crippen LogP contribution in [0.5, 0.6) is 0 Å². The molecular weight excluding hydrogens is 238 g/mol. The Kier molecular flexibility index (Phi) is 10.9. The van der Waals surface area contributed by atoms with Crippen LogP contribution in [0, 0.1) is 0 Å². The van der Waals surface area contributed by atoms with Crippen molar-refractivity contribution in [1.82, 2.24) is 5.32 Å². The molecular formula is C11H23N3O4. The van der Waals surface area contributed by atoms with Gasteiger partial charge < -0.3 is 21.9 Å². The second-order valence-corrected chi connectivity index (χ2v) is 3.58. The number of aliphatic hydroxyl groups is 1. The van der Waals surface area contributed by atoms with Crippen molar-refractivity contribution in [2.75, 3.05) is 0 Å². The van der Waals surface area contributed by atoms with Gasteiger partial charge in [-0.1, -0.05) is 13.8 Å². The van der Waals surface area contributed by atoms with Crippen LogP contribution in [0.2, 0.25) is 0 Å². The Morgan fingerprint density at radius 2 is 1.72 bits per heavy atom. The fourth-order valence-electron chi connectivity index (χ4n) is 1.09. The lowest BCUT2D eigenvalue weighted by atomic mass is 10.1. The van der Waals surface area contributed by atoms with Crippen LogP contribution in [0.3, 0.4) is 0 Å². The van der Waals surface area contributed by atoms with E-state index >= 15 is 0 Å². The average molecular weight is 261 g/mol. The maximum absolute atomic E-state index is 11.2. The summed E-state index contributed by atoms with van der Waals surface area (Å²) in [5, 5.41) is 11.3. The summed E-state index contributed by atoms with van der Waals surface area (Å²) in [5.74, 6) is -1.81. The van der Waals surface area contributed by atoms with Crippen molar-refractivity contribution in [3.63, 3.8) is 0 Å². The zero-order valence-electron chi connectivity index (χ0n) is 11.1. The number of rotatable bonds is 7. The van der Waals surface area contributed by atoms with Crippen molar-refractivity contribution in [2.24, 2.45) is 11.5 Å². The van der Waals surface area contributed by atoms with E-state index in [1.165, 1.54) is 6.92 Å². The van der Waals surface area contributed by atoms with Crippen molar-refractivity contribution in [3.8, 4) is 0 Å². The minimum absolute atomic E-state index is 0.0391. The minimum atomic E-state index is -0.932. The summed E-state index contributed by atoms with van der Waals surface area (Å²) in [4.78, 5) is 32.7. The molecule has 106 valence electrons. The molecule has 0 aliphatic heterocycles. The van der Waals surface area contributed by atoms with Gasteiger partial charge in [0, 0.05) is 6.42 Å². The Hall–Kier alpha value is -1.63. The van der Waals surface area contributed by atoms with Gasteiger partial charge in [0.1, 0.15) is 6.04 Å². The van der Waals surface area contributed by atoms with Gasteiger partial charge in [-0.25, -0.2) is 0 Å². The molecule has 0 saturated carbocycles. The maximum atomic E-state index is 11.2. The van der Waals surface area contributed by atoms with E-state index in [1.807, 2.05) is 13.8 Å². The molecule has 2 unspecified atom stereocenters. The number of amides is 3. The first-order valence-corrected chi connectivity index (χ1v) is 5.88. The molecule has 0 radical (unpaired) electrons. The van der Waals surface area contributed by atoms with Gasteiger partial charge in [0.15, 0.2) is 0 Å². The lowest BCUT2D eigenvalue weighted by Crippen LogP contribution is -2.45. The van der Waals surface area contributed by atoms with Gasteiger partial charge in [-0.3, -0.25) is 14.4 Å². The number of carbonyl (C=O) groups is 3. The van der Waals surface area contributed by atoms with Crippen LogP contribution < -0.4 is 16.8 Å². The van der Waals surface area contributed by atoms with Crippen molar-refractivity contribution < 1.29 is 19.5 Å². The highest BCUT2D eigenvalue weighted by Gasteiger charge is 2.19. The molecule has 0 aliphatic carbocycles. The van der Waals surface area contributed by atoms with Crippen LogP contribution in [0.15, 0.2) is 0 Å². The Morgan fingerprint density at radius 1 is 1.22 bits per heavy atom. The van der Waals surface area contributed by atoms with Gasteiger partial charge in [-0.05, 0) is 13.3 Å². The van der Waals surface area contributed by atoms with E-state index in [0.29, 0.717) is 0 Å². The Morgan fingerprint density at radius 3 is 2.06 bits per heavy atom. The van der Waals surface area contributed by atoms with Crippen LogP contribution in [-0.2, 0) is 14.4 Å². The van der Waals surface area contributed by atoms with Crippen molar-refractivity contribution >= 4 is 17.7 Å². The summed E-state index contributed by atoms with van der Waals surface area (Å²) in [6, 6.07) is -0.932. The van der Waals surface area contributed by atoms with Gasteiger partial charge >= 0.3 is 0 Å². The molecule has 0 bridgehead atoms. The molecule has 0 heterocycles. The molecule has 7 nitrogen and oxygen atoms in total. The molecule has 6 N–H and O–H groups in total. The topological polar surface area (TPSA) is 136 Å². The van der Waals surface area contributed by atoms with Gasteiger partial charge in [0.25, 0.3) is 0 Å². The third kappa shape index (κ3) is 10.9. The number of nitrogens with one attached hydrogen (secondary N) is 1. The molecule has 0 rings (SSSR count). The van der Waals surface area contributed by atoms with Crippen LogP contribution >= 0.6 is 0 Å². The SMILES string of the molecule is CC.CC(O)CC(=O)NC(CCC(N)=O)C(N)=O. The summed E-state index contributed by atoms with van der Waals surface area (Å²) in [6.07, 6.45) is -0.899. The maximum Gasteiger partial charge on any atom is 0.240 e. The largest absolute Gasteiger partial charge is 0.393 e. The number of hydrogen-bond acceptors (Lipinski definition) is 4. The lowest BCUT2D eigenvalue weighted by molar-refractivity contribution is -0.129. The quantitative estimate of drug-likeness (QED) is 0.468. The summed E-state index contributed by atoms with van der Waals surface area (Å²) in [7, 11) is 0. The van der Waals surface area contributed by atoms with E-state index < -0.39 is 29.9 Å². The number of hydrogen-bond donors (Lipinski definition) is 4. The fraction of sp³-hybridized carbons (Fsp3) is 0.727. The van der Waals surface area contributed by atoms with E-state index in [9.17, 15) is 14.4 Å². The highest BCUT2D eigenvalue weighted by Crippen LogP contribution is 1.98. The van der Waals surface area contributed by atoms with Crippen LogP contribution in [0.4, 0.5) is 0 Å². The van der Waals surface area contributed by atoms with E-state index in [4.69, 9.17) is 16.6 Å². The number of carbonyl (C=O) groups excluding carboxylic acids is 3. The number of nitrogens with two attached hydrogens (primary N) is 2. The second-order valence-electron chi connectivity index (χ2n) is 3.58. The summed E-state index contributed by atoms with van der Waals surface area (Å²) in [6.45, 7) is 5.45. The average Bonchev–Trinajstić information content (AvgIpc) is 2.25. The van der Waals surface area contributed by atoms with Crippen molar-refractivity contribution in [2.45, 2.75) is 52.2 Å². The summed E-state index contributed by atoms with van der Waals surface area (Å²) >= 11 is 0. The molecule has 0 saturated heterocycles. The lowest BCUT2D eigenvalue weighted by Gasteiger charge is -2.15. The van der Waals surface area contributed by atoms with Crippen LogP contribution in [0.1, 0.15) is 40.0 Å². The summed E-state index contributed by atoms with van der Waals surface area (Å²) < 4.78 is 0. The first-order valence-electron chi connectivity index (χ1n) is 5.88. The zero-order valence-corrected chi connectivity index (χ0v) is 11.1. The van der Waals surface area contributed by atoms with Gasteiger partial charge in [-0.15, -0.1) is 0 Å². The monoisotopic (exact) mass is 261 g/mol. The summed E-state index contributed by atoms with van der Waals surface area (Å²) in [5.41, 5.74) is 9.94. The molecule has 3 amide bonds. The normalized spacial score (nSPS) is 12.7. The predicted octanol–water partition coefficient (Wildman–Crippen LogP) is -0.981. The molecule has 0 aliphatic rings. The first-order chi connectivity index (χ1) is 8.32. The molecule has 0 aromatic rings. The molecule has 0 aromatic carbocycles. The number of aliphatic hydroxyl groups excluding tert-OH is 1. The molecule has 0 spiro atoms. The zero-order chi connectivity index (χ0) is 14.7. The highest BCUT2D eigenvalue weighted by atomic mass is 16.3. The smallest absolute Gasteiger partial charge is 0.240 e. The minimum Gasteiger partial charge on any atom is -0.393 e. The Bertz CT molecular complexity index is 279. The Balaban J connectivity index is 0. The van der Waals surface area contributed by atoms with E-state index in [0.717, 1.165) is 0 Å². The van der Waals surface area contributed by atoms with Gasteiger partial charge in [-0.2, -0.15) is 0 Å². The third-order valence-electron chi connectivity index (χ3n) is 1.84.